The lowest BCUT2D eigenvalue weighted by Crippen LogP contribution is -2.26. The van der Waals surface area contributed by atoms with E-state index in [1.807, 2.05) is 0 Å². The molecular weight excluding hydrogens is 320 g/mol. The first kappa shape index (κ1) is 15.0. The highest BCUT2D eigenvalue weighted by Crippen LogP contribution is 2.48. The van der Waals surface area contributed by atoms with E-state index in [0.717, 1.165) is 50.3 Å². The summed E-state index contributed by atoms with van der Waals surface area (Å²) in [4.78, 5) is 9.36. The Kier molecular flexibility index (Phi) is 2.95. The molecule has 0 amide bonds. The van der Waals surface area contributed by atoms with Gasteiger partial charge in [-0.3, -0.25) is 0 Å². The average molecular weight is 340 g/mol. The van der Waals surface area contributed by atoms with Gasteiger partial charge in [0.15, 0.2) is 0 Å². The number of para-hydroxylation sites is 2. The topological polar surface area (TPSA) is 30.9 Å². The van der Waals surface area contributed by atoms with Crippen molar-refractivity contribution >= 4 is 46.4 Å². The summed E-state index contributed by atoms with van der Waals surface area (Å²) in [6.07, 6.45) is 0. The summed E-state index contributed by atoms with van der Waals surface area (Å²) in [5, 5.41) is 5.59. The fourth-order valence-electron chi connectivity index (χ4n) is 3.79. The number of hydrogen-bond acceptors (Lipinski definition) is 4. The average Bonchev–Trinajstić information content (AvgIpc) is 2.63. The number of nitrogens with one attached hydrogen (secondary N) is 1. The summed E-state index contributed by atoms with van der Waals surface area (Å²) in [5.41, 5.74) is 8.86. The van der Waals surface area contributed by atoms with E-state index >= 15 is 0 Å². The zero-order chi connectivity index (χ0) is 18.0. The van der Waals surface area contributed by atoms with Crippen molar-refractivity contribution in [1.82, 2.24) is 0 Å². The molecule has 5 rings (SSSR count). The van der Waals surface area contributed by atoms with Gasteiger partial charge >= 0.3 is 0 Å². The Bertz CT molecular complexity index is 1180. The third-order valence-electron chi connectivity index (χ3n) is 5.39. The SMILES string of the molecule is C=c1cc2c(cc1C)=Nc1cc3c(cc1N2C)N(C)c1ccccc1N3. The van der Waals surface area contributed by atoms with Gasteiger partial charge in [0.05, 0.1) is 45.2 Å². The van der Waals surface area contributed by atoms with Crippen LogP contribution >= 0.6 is 0 Å². The standard InChI is InChI=1S/C22H20N4/c1-13-9-16-20(10-14(13)2)26(4)22-12-21-17(11-18(22)24-16)23-15-7-5-6-8-19(15)25(21)3/h5-12,23H,2H2,1,3-4H3. The largest absolute Gasteiger partial charge is 0.352 e. The molecule has 2 aliphatic heterocycles. The molecule has 0 radical (unpaired) electrons. The van der Waals surface area contributed by atoms with E-state index < -0.39 is 0 Å². The van der Waals surface area contributed by atoms with E-state index in [9.17, 15) is 0 Å². The van der Waals surface area contributed by atoms with Crippen LogP contribution < -0.4 is 25.7 Å². The minimum Gasteiger partial charge on any atom is -0.352 e. The molecule has 26 heavy (non-hydrogen) atoms. The highest BCUT2D eigenvalue weighted by Gasteiger charge is 2.24. The van der Waals surface area contributed by atoms with Crippen LogP contribution in [-0.4, -0.2) is 14.1 Å². The number of fused-ring (bicyclic) bond motifs is 4. The van der Waals surface area contributed by atoms with Crippen molar-refractivity contribution in [1.29, 1.82) is 0 Å². The lowest BCUT2D eigenvalue weighted by Gasteiger charge is -2.34. The number of anilines is 6. The molecule has 128 valence electrons. The van der Waals surface area contributed by atoms with Crippen LogP contribution in [0.3, 0.4) is 0 Å². The summed E-state index contributed by atoms with van der Waals surface area (Å²) in [5.74, 6) is 0. The fraction of sp³-hybridized carbons (Fsp3) is 0.136. The van der Waals surface area contributed by atoms with Crippen LogP contribution in [0, 0.1) is 6.92 Å². The van der Waals surface area contributed by atoms with Gasteiger partial charge in [-0.25, -0.2) is 4.99 Å². The van der Waals surface area contributed by atoms with Crippen molar-refractivity contribution in [3.8, 4) is 0 Å². The van der Waals surface area contributed by atoms with Crippen LogP contribution in [0.2, 0.25) is 0 Å². The quantitative estimate of drug-likeness (QED) is 0.663. The molecule has 0 saturated carbocycles. The summed E-state index contributed by atoms with van der Waals surface area (Å²) < 4.78 is 0. The Labute approximate surface area is 152 Å². The molecule has 0 bridgehead atoms. The Hall–Kier alpha value is -3.27. The molecule has 0 saturated heterocycles. The van der Waals surface area contributed by atoms with Crippen molar-refractivity contribution < 1.29 is 0 Å². The zero-order valence-corrected chi connectivity index (χ0v) is 15.2. The molecule has 3 aromatic rings. The Balaban J connectivity index is 1.74. The Morgan fingerprint density at radius 3 is 2.46 bits per heavy atom. The summed E-state index contributed by atoms with van der Waals surface area (Å²) in [6.45, 7) is 6.22. The smallest absolute Gasteiger partial charge is 0.0896 e. The Morgan fingerprint density at radius 2 is 1.62 bits per heavy atom. The molecule has 0 aliphatic carbocycles. The van der Waals surface area contributed by atoms with Crippen molar-refractivity contribution in [3.63, 3.8) is 0 Å². The maximum Gasteiger partial charge on any atom is 0.0896 e. The van der Waals surface area contributed by atoms with Gasteiger partial charge in [-0.1, -0.05) is 18.7 Å². The van der Waals surface area contributed by atoms with Crippen molar-refractivity contribution in [3.05, 3.63) is 64.7 Å². The monoisotopic (exact) mass is 340 g/mol. The number of rotatable bonds is 0. The van der Waals surface area contributed by atoms with E-state index in [-0.39, 0.29) is 0 Å². The fourth-order valence-corrected chi connectivity index (χ4v) is 3.79. The predicted molar refractivity (Wildman–Crippen MR) is 109 cm³/mol. The first-order chi connectivity index (χ1) is 12.5. The molecule has 3 aromatic carbocycles. The van der Waals surface area contributed by atoms with E-state index in [1.54, 1.807) is 0 Å². The van der Waals surface area contributed by atoms with Crippen LogP contribution in [0.4, 0.5) is 39.8 Å². The normalized spacial score (nSPS) is 13.8. The maximum absolute atomic E-state index is 4.92. The number of nitrogens with zero attached hydrogens (tertiary/aromatic N) is 3. The molecule has 2 heterocycles. The molecule has 0 unspecified atom stereocenters. The van der Waals surface area contributed by atoms with E-state index in [1.165, 1.54) is 5.69 Å². The lowest BCUT2D eigenvalue weighted by molar-refractivity contribution is 1.10. The van der Waals surface area contributed by atoms with Gasteiger partial charge in [-0.05, 0) is 54.1 Å². The second-order valence-corrected chi connectivity index (χ2v) is 7.00. The van der Waals surface area contributed by atoms with Gasteiger partial charge < -0.3 is 15.1 Å². The van der Waals surface area contributed by atoms with Crippen LogP contribution in [0.25, 0.3) is 6.58 Å². The van der Waals surface area contributed by atoms with E-state index in [0.29, 0.717) is 0 Å². The van der Waals surface area contributed by atoms with Crippen LogP contribution in [0.5, 0.6) is 0 Å². The second kappa shape index (κ2) is 5.11. The molecule has 1 N–H and O–H groups in total. The molecule has 0 atom stereocenters. The molecule has 2 aliphatic rings. The first-order valence-electron chi connectivity index (χ1n) is 8.73. The van der Waals surface area contributed by atoms with E-state index in [2.05, 4.69) is 91.2 Å². The molecule has 0 aromatic heterocycles. The predicted octanol–water partition coefficient (Wildman–Crippen LogP) is 4.26. The van der Waals surface area contributed by atoms with Gasteiger partial charge in [-0.2, -0.15) is 0 Å². The second-order valence-electron chi connectivity index (χ2n) is 7.00. The highest BCUT2D eigenvalue weighted by atomic mass is 15.2. The van der Waals surface area contributed by atoms with Gasteiger partial charge in [0.25, 0.3) is 0 Å². The van der Waals surface area contributed by atoms with Gasteiger partial charge in [0, 0.05) is 14.1 Å². The van der Waals surface area contributed by atoms with Crippen LogP contribution in [0.1, 0.15) is 5.56 Å². The maximum atomic E-state index is 4.92. The van der Waals surface area contributed by atoms with Crippen molar-refractivity contribution in [2.45, 2.75) is 6.92 Å². The minimum atomic E-state index is 0.982. The molecule has 0 fully saturated rings. The lowest BCUT2D eigenvalue weighted by atomic mass is 10.1. The third-order valence-corrected chi connectivity index (χ3v) is 5.39. The van der Waals surface area contributed by atoms with Crippen molar-refractivity contribution in [2.24, 2.45) is 4.99 Å². The molecule has 4 heteroatoms. The summed E-state index contributed by atoms with van der Waals surface area (Å²) >= 11 is 0. The van der Waals surface area contributed by atoms with Gasteiger partial charge in [-0.15, -0.1) is 0 Å². The molecule has 0 spiro atoms. The van der Waals surface area contributed by atoms with Gasteiger partial charge in [0.1, 0.15) is 0 Å². The highest BCUT2D eigenvalue weighted by molar-refractivity contribution is 5.96. The minimum absolute atomic E-state index is 0.982. The molecule has 4 nitrogen and oxygen atoms in total. The third kappa shape index (κ3) is 1.99. The summed E-state index contributed by atoms with van der Waals surface area (Å²) in [6, 6.07) is 16.9. The zero-order valence-electron chi connectivity index (χ0n) is 15.2. The first-order valence-corrected chi connectivity index (χ1v) is 8.73. The van der Waals surface area contributed by atoms with E-state index in [4.69, 9.17) is 4.99 Å². The van der Waals surface area contributed by atoms with Crippen LogP contribution in [-0.2, 0) is 0 Å². The molecular formula is C22H20N4. The van der Waals surface area contributed by atoms with Crippen molar-refractivity contribution in [2.75, 3.05) is 29.2 Å². The Morgan fingerprint density at radius 1 is 0.846 bits per heavy atom. The number of hydrogen-bond donors (Lipinski definition) is 1. The van der Waals surface area contributed by atoms with Gasteiger partial charge in [0.2, 0.25) is 0 Å². The number of benzene rings is 3. The van der Waals surface area contributed by atoms with Crippen LogP contribution in [0.15, 0.2) is 53.5 Å². The summed E-state index contributed by atoms with van der Waals surface area (Å²) in [7, 11) is 4.20. The number of aryl methyl sites for hydroxylation is 1.